The lowest BCUT2D eigenvalue weighted by atomic mass is 10.3. The Balaban J connectivity index is 2.92. The second kappa shape index (κ2) is 5.29. The number of benzene rings is 1. The first-order valence-corrected chi connectivity index (χ1v) is 6.96. The first-order valence-electron chi connectivity index (χ1n) is 5.07. The van der Waals surface area contributed by atoms with Gasteiger partial charge in [-0.25, -0.2) is 8.42 Å². The Hall–Kier alpha value is -1.40. The summed E-state index contributed by atoms with van der Waals surface area (Å²) in [6, 6.07) is 6.22. The number of amides is 1. The number of likely N-dealkylation sites (N-methyl/N-ethyl adjacent to an activating group) is 2. The number of sulfone groups is 1. The average Bonchev–Trinajstić information content (AvgIpc) is 2.27. The monoisotopic (exact) mass is 256 g/mol. The van der Waals surface area contributed by atoms with Gasteiger partial charge in [-0.3, -0.25) is 4.79 Å². The number of carbonyl (C=O) groups excluding carboxylic acids is 1. The van der Waals surface area contributed by atoms with Crippen LogP contribution >= 0.6 is 0 Å². The number of carbonyl (C=O) groups is 1. The van der Waals surface area contributed by atoms with E-state index >= 15 is 0 Å². The molecular formula is C11H16N2O3S. The summed E-state index contributed by atoms with van der Waals surface area (Å²) in [6.45, 7) is 0.240. The number of nitrogens with zero attached hydrogens (tertiary/aromatic N) is 1. The predicted molar refractivity (Wildman–Crippen MR) is 66.9 cm³/mol. The number of hydrogen-bond donors (Lipinski definition) is 1. The zero-order valence-corrected chi connectivity index (χ0v) is 10.9. The molecule has 0 saturated heterocycles. The summed E-state index contributed by atoms with van der Waals surface area (Å²) in [5.41, 5.74) is 0.664. The molecular weight excluding hydrogens is 240 g/mol. The highest BCUT2D eigenvalue weighted by Crippen LogP contribution is 2.16. The maximum Gasteiger partial charge on any atom is 0.240 e. The van der Waals surface area contributed by atoms with Crippen LogP contribution in [-0.4, -0.2) is 41.2 Å². The lowest BCUT2D eigenvalue weighted by molar-refractivity contribution is -0.117. The van der Waals surface area contributed by atoms with Crippen molar-refractivity contribution in [2.75, 3.05) is 31.8 Å². The number of rotatable bonds is 4. The molecule has 6 heteroatoms. The third kappa shape index (κ3) is 3.54. The highest BCUT2D eigenvalue weighted by atomic mass is 32.2. The molecule has 0 fully saturated rings. The summed E-state index contributed by atoms with van der Waals surface area (Å²) in [4.78, 5) is 13.3. The van der Waals surface area contributed by atoms with E-state index in [-0.39, 0.29) is 17.3 Å². The van der Waals surface area contributed by atoms with Crippen molar-refractivity contribution in [3.05, 3.63) is 24.3 Å². The quantitative estimate of drug-likeness (QED) is 0.840. The smallest absolute Gasteiger partial charge is 0.240 e. The molecule has 0 atom stereocenters. The molecule has 1 rings (SSSR count). The third-order valence-electron chi connectivity index (χ3n) is 2.35. The molecule has 94 valence electrons. The van der Waals surface area contributed by atoms with Crippen molar-refractivity contribution < 1.29 is 13.2 Å². The van der Waals surface area contributed by atoms with Crippen LogP contribution in [0, 0.1) is 0 Å². The first-order chi connectivity index (χ1) is 7.86. The maximum absolute atomic E-state index is 11.6. The van der Waals surface area contributed by atoms with Gasteiger partial charge in [0.05, 0.1) is 11.4 Å². The minimum atomic E-state index is -3.19. The first kappa shape index (κ1) is 13.7. The lowest BCUT2D eigenvalue weighted by Gasteiger charge is -2.17. The molecule has 0 aliphatic rings. The largest absolute Gasteiger partial charge is 0.314 e. The SMILES string of the molecule is CNCC(=O)N(C)c1ccc(S(C)(=O)=O)cc1. The van der Waals surface area contributed by atoms with Crippen LogP contribution in [0.5, 0.6) is 0 Å². The molecule has 0 radical (unpaired) electrons. The van der Waals surface area contributed by atoms with Crippen LogP contribution in [0.1, 0.15) is 0 Å². The fraction of sp³-hybridized carbons (Fsp3) is 0.364. The lowest BCUT2D eigenvalue weighted by Crippen LogP contribution is -2.34. The van der Waals surface area contributed by atoms with Gasteiger partial charge in [0.2, 0.25) is 5.91 Å². The molecule has 0 heterocycles. The molecule has 0 unspecified atom stereocenters. The minimum absolute atomic E-state index is 0.0837. The molecule has 17 heavy (non-hydrogen) atoms. The van der Waals surface area contributed by atoms with Crippen LogP contribution in [0.15, 0.2) is 29.2 Å². The van der Waals surface area contributed by atoms with E-state index in [1.54, 1.807) is 26.2 Å². The van der Waals surface area contributed by atoms with Gasteiger partial charge < -0.3 is 10.2 Å². The second-order valence-electron chi connectivity index (χ2n) is 3.75. The standard InChI is InChI=1S/C11H16N2O3S/c1-12-8-11(14)13(2)9-4-6-10(7-5-9)17(3,15)16/h4-7,12H,8H2,1-3H3. The van der Waals surface area contributed by atoms with Crippen molar-refractivity contribution in [1.29, 1.82) is 0 Å². The Morgan fingerprint density at radius 1 is 1.29 bits per heavy atom. The van der Waals surface area contributed by atoms with E-state index < -0.39 is 9.84 Å². The zero-order chi connectivity index (χ0) is 13.1. The van der Waals surface area contributed by atoms with Crippen molar-refractivity contribution in [2.24, 2.45) is 0 Å². The van der Waals surface area contributed by atoms with Gasteiger partial charge in [0.25, 0.3) is 0 Å². The summed E-state index contributed by atoms with van der Waals surface area (Å²) in [5.74, 6) is -0.0837. The van der Waals surface area contributed by atoms with Gasteiger partial charge in [0.15, 0.2) is 9.84 Å². The molecule has 1 aromatic rings. The van der Waals surface area contributed by atoms with Gasteiger partial charge in [0.1, 0.15) is 0 Å². The Bertz CT molecular complexity index is 494. The van der Waals surface area contributed by atoms with Crippen LogP contribution in [0.25, 0.3) is 0 Å². The molecule has 0 aliphatic carbocycles. The molecule has 1 amide bonds. The molecule has 0 saturated carbocycles. The van der Waals surface area contributed by atoms with Crippen LogP contribution in [-0.2, 0) is 14.6 Å². The summed E-state index contributed by atoms with van der Waals surface area (Å²) >= 11 is 0. The minimum Gasteiger partial charge on any atom is -0.314 e. The Labute approximate surface area is 101 Å². The number of anilines is 1. The summed E-state index contributed by atoms with van der Waals surface area (Å²) in [6.07, 6.45) is 1.15. The van der Waals surface area contributed by atoms with Crippen LogP contribution < -0.4 is 10.2 Å². The van der Waals surface area contributed by atoms with Crippen LogP contribution in [0.4, 0.5) is 5.69 Å². The Morgan fingerprint density at radius 2 is 1.82 bits per heavy atom. The fourth-order valence-corrected chi connectivity index (χ4v) is 1.96. The predicted octanol–water partition coefficient (Wildman–Crippen LogP) is 0.272. The van der Waals surface area contributed by atoms with Crippen molar-refractivity contribution in [3.63, 3.8) is 0 Å². The van der Waals surface area contributed by atoms with E-state index in [0.717, 1.165) is 6.26 Å². The Kier molecular flexibility index (Phi) is 4.25. The molecule has 0 spiro atoms. The highest BCUT2D eigenvalue weighted by Gasteiger charge is 2.11. The van der Waals surface area contributed by atoms with Crippen molar-refractivity contribution in [3.8, 4) is 0 Å². The normalized spacial score (nSPS) is 11.2. The third-order valence-corrected chi connectivity index (χ3v) is 3.48. The van der Waals surface area contributed by atoms with Crippen molar-refractivity contribution >= 4 is 21.4 Å². The average molecular weight is 256 g/mol. The van der Waals surface area contributed by atoms with Gasteiger partial charge in [-0.05, 0) is 31.3 Å². The van der Waals surface area contributed by atoms with E-state index in [0.29, 0.717) is 5.69 Å². The fourth-order valence-electron chi connectivity index (χ4n) is 1.33. The van der Waals surface area contributed by atoms with Crippen LogP contribution in [0.2, 0.25) is 0 Å². The van der Waals surface area contributed by atoms with Gasteiger partial charge in [-0.2, -0.15) is 0 Å². The summed E-state index contributed by atoms with van der Waals surface area (Å²) in [7, 11) is 0.149. The summed E-state index contributed by atoms with van der Waals surface area (Å²) < 4.78 is 22.5. The topological polar surface area (TPSA) is 66.5 Å². The van der Waals surface area contributed by atoms with Crippen LogP contribution in [0.3, 0.4) is 0 Å². The van der Waals surface area contributed by atoms with E-state index in [1.165, 1.54) is 17.0 Å². The molecule has 5 nitrogen and oxygen atoms in total. The van der Waals surface area contributed by atoms with Gasteiger partial charge >= 0.3 is 0 Å². The van der Waals surface area contributed by atoms with Gasteiger partial charge in [-0.1, -0.05) is 0 Å². The maximum atomic E-state index is 11.6. The second-order valence-corrected chi connectivity index (χ2v) is 5.76. The van der Waals surface area contributed by atoms with Gasteiger partial charge in [0, 0.05) is 19.0 Å². The molecule has 0 aliphatic heterocycles. The molecule has 1 aromatic carbocycles. The molecule has 0 bridgehead atoms. The zero-order valence-electron chi connectivity index (χ0n) is 10.1. The molecule has 1 N–H and O–H groups in total. The Morgan fingerprint density at radius 3 is 2.24 bits per heavy atom. The van der Waals surface area contributed by atoms with Crippen molar-refractivity contribution in [1.82, 2.24) is 5.32 Å². The number of nitrogens with one attached hydrogen (secondary N) is 1. The van der Waals surface area contributed by atoms with E-state index in [2.05, 4.69) is 5.32 Å². The molecule has 0 aromatic heterocycles. The van der Waals surface area contributed by atoms with Gasteiger partial charge in [-0.15, -0.1) is 0 Å². The van der Waals surface area contributed by atoms with E-state index in [4.69, 9.17) is 0 Å². The number of hydrogen-bond acceptors (Lipinski definition) is 4. The van der Waals surface area contributed by atoms with E-state index in [9.17, 15) is 13.2 Å². The summed E-state index contributed by atoms with van der Waals surface area (Å²) in [5, 5.41) is 2.77. The van der Waals surface area contributed by atoms with E-state index in [1.807, 2.05) is 0 Å². The van der Waals surface area contributed by atoms with Crippen molar-refractivity contribution in [2.45, 2.75) is 4.90 Å². The highest BCUT2D eigenvalue weighted by molar-refractivity contribution is 7.90.